The Kier molecular flexibility index (Phi) is 4.50. The molecule has 0 heterocycles. The molecule has 3 aromatic rings. The minimum Gasteiger partial charge on any atom is -0.103 e. The van der Waals surface area contributed by atoms with Crippen molar-refractivity contribution < 1.29 is 0 Å². The molecule has 1 aliphatic carbocycles. The minimum atomic E-state index is 0.973. The Morgan fingerprint density at radius 2 is 1.18 bits per heavy atom. The van der Waals surface area contributed by atoms with E-state index >= 15 is 0 Å². The van der Waals surface area contributed by atoms with Gasteiger partial charge in [-0.1, -0.05) is 84.9 Å². The van der Waals surface area contributed by atoms with Gasteiger partial charge in [0, 0.05) is 0 Å². The van der Waals surface area contributed by atoms with E-state index in [9.17, 15) is 0 Å². The van der Waals surface area contributed by atoms with Gasteiger partial charge in [0.15, 0.2) is 0 Å². The Balaban J connectivity index is 0.000000142. The lowest BCUT2D eigenvalue weighted by molar-refractivity contribution is 1.26. The van der Waals surface area contributed by atoms with Gasteiger partial charge >= 0.3 is 0 Å². The molecule has 0 aromatic heterocycles. The van der Waals surface area contributed by atoms with Crippen LogP contribution in [0, 0.1) is 0 Å². The first-order valence-corrected chi connectivity index (χ1v) is 7.69. The molecule has 0 fully saturated rings. The first-order chi connectivity index (χ1) is 10.9. The van der Waals surface area contributed by atoms with Gasteiger partial charge in [0.05, 0.1) is 0 Å². The largest absolute Gasteiger partial charge is 0.103 e. The molecule has 108 valence electrons. The van der Waals surface area contributed by atoms with Crippen LogP contribution in [0.4, 0.5) is 0 Å². The van der Waals surface area contributed by atoms with Crippen molar-refractivity contribution in [3.63, 3.8) is 0 Å². The smallest absolute Gasteiger partial charge is 0.00135 e. The van der Waals surface area contributed by atoms with Gasteiger partial charge in [0.2, 0.25) is 0 Å². The highest BCUT2D eigenvalue weighted by atomic mass is 14.2. The molecule has 1 aliphatic rings. The molecule has 0 nitrogen and oxygen atoms in total. The molecule has 0 atom stereocenters. The van der Waals surface area contributed by atoms with Crippen LogP contribution in [0.15, 0.2) is 91.5 Å². The Labute approximate surface area is 132 Å². The topological polar surface area (TPSA) is 0 Å². The van der Waals surface area contributed by atoms with Crippen molar-refractivity contribution in [2.75, 3.05) is 0 Å². The monoisotopic (exact) mass is 284 g/mol. The lowest BCUT2D eigenvalue weighted by Gasteiger charge is -1.98. The zero-order valence-electron chi connectivity index (χ0n) is 12.7. The molecular formula is C22H20. The minimum absolute atomic E-state index is 0.973. The molecule has 0 radical (unpaired) electrons. The Morgan fingerprint density at radius 3 is 1.73 bits per heavy atom. The number of hydrogen-bond donors (Lipinski definition) is 0. The van der Waals surface area contributed by atoms with E-state index in [0.717, 1.165) is 12.8 Å². The lowest BCUT2D eigenvalue weighted by atomic mass is 10.1. The maximum absolute atomic E-state index is 3.66. The summed E-state index contributed by atoms with van der Waals surface area (Å²) in [5.74, 6) is 0. The second-order valence-corrected chi connectivity index (χ2v) is 5.47. The Morgan fingerprint density at radius 1 is 0.682 bits per heavy atom. The number of fused-ring (bicyclic) bond motifs is 3. The van der Waals surface area contributed by atoms with Crippen molar-refractivity contribution in [1.82, 2.24) is 0 Å². The van der Waals surface area contributed by atoms with Crippen LogP contribution < -0.4 is 0 Å². The van der Waals surface area contributed by atoms with Gasteiger partial charge in [-0.25, -0.2) is 0 Å². The summed E-state index contributed by atoms with van der Waals surface area (Å²) in [6.07, 6.45) is 3.99. The molecule has 0 saturated heterocycles. The molecule has 0 heteroatoms. The molecule has 0 amide bonds. The van der Waals surface area contributed by atoms with E-state index in [4.69, 9.17) is 0 Å². The highest BCUT2D eigenvalue weighted by Gasteiger charge is 2.15. The summed E-state index contributed by atoms with van der Waals surface area (Å²) in [6, 6.07) is 27.6. The zero-order valence-corrected chi connectivity index (χ0v) is 12.7. The van der Waals surface area contributed by atoms with E-state index in [1.807, 2.05) is 24.3 Å². The van der Waals surface area contributed by atoms with Gasteiger partial charge in [-0.3, -0.25) is 0 Å². The maximum Gasteiger partial charge on any atom is -0.00135 e. The van der Waals surface area contributed by atoms with E-state index < -0.39 is 0 Å². The standard InChI is InChI=1S/C13H10.C9H10/c1-3-7-12-10(5-1)9-11-6-2-4-8-13(11)12;1-2-6-9-7-4-3-5-8-9/h1-8H,9H2;2-5,7-8H,1,6H2. The predicted octanol–water partition coefficient (Wildman–Crippen LogP) is 5.67. The second kappa shape index (κ2) is 6.91. The van der Waals surface area contributed by atoms with E-state index in [1.165, 1.54) is 27.8 Å². The van der Waals surface area contributed by atoms with Crippen LogP contribution in [0.5, 0.6) is 0 Å². The summed E-state index contributed by atoms with van der Waals surface area (Å²) in [5.41, 5.74) is 7.08. The van der Waals surface area contributed by atoms with Crippen molar-refractivity contribution in [1.29, 1.82) is 0 Å². The van der Waals surface area contributed by atoms with Crippen molar-refractivity contribution in [2.24, 2.45) is 0 Å². The van der Waals surface area contributed by atoms with Crippen molar-refractivity contribution in [2.45, 2.75) is 12.8 Å². The molecule has 0 aliphatic heterocycles. The van der Waals surface area contributed by atoms with E-state index in [0.29, 0.717) is 0 Å². The summed E-state index contributed by atoms with van der Waals surface area (Å²) >= 11 is 0. The SMILES string of the molecule is C=CCc1ccccc1.c1ccc2c(c1)Cc1ccccc1-2. The van der Waals surface area contributed by atoms with Gasteiger partial charge in [0.25, 0.3) is 0 Å². The van der Waals surface area contributed by atoms with Crippen LogP contribution in [0.1, 0.15) is 16.7 Å². The molecule has 0 spiro atoms. The molecule has 0 bridgehead atoms. The van der Waals surface area contributed by atoms with Crippen molar-refractivity contribution >= 4 is 0 Å². The fourth-order valence-corrected chi connectivity index (χ4v) is 2.86. The quantitative estimate of drug-likeness (QED) is 0.416. The van der Waals surface area contributed by atoms with Crippen molar-refractivity contribution in [3.8, 4) is 11.1 Å². The third-order valence-electron chi connectivity index (χ3n) is 3.93. The number of benzene rings is 3. The van der Waals surface area contributed by atoms with Gasteiger partial charge in [-0.15, -0.1) is 6.58 Å². The van der Waals surface area contributed by atoms with Crippen LogP contribution in [0.3, 0.4) is 0 Å². The summed E-state index contributed by atoms with van der Waals surface area (Å²) in [6.45, 7) is 3.66. The molecule has 22 heavy (non-hydrogen) atoms. The number of allylic oxidation sites excluding steroid dienone is 1. The van der Waals surface area contributed by atoms with Crippen LogP contribution in [-0.4, -0.2) is 0 Å². The fourth-order valence-electron chi connectivity index (χ4n) is 2.86. The summed E-state index contributed by atoms with van der Waals surface area (Å²) in [4.78, 5) is 0. The van der Waals surface area contributed by atoms with Crippen LogP contribution in [0.2, 0.25) is 0 Å². The van der Waals surface area contributed by atoms with Gasteiger partial charge in [-0.2, -0.15) is 0 Å². The fraction of sp³-hybridized carbons (Fsp3) is 0.0909. The first-order valence-electron chi connectivity index (χ1n) is 7.69. The highest BCUT2D eigenvalue weighted by Crippen LogP contribution is 2.35. The average Bonchev–Trinajstić information content (AvgIpc) is 2.95. The Bertz CT molecular complexity index is 710. The second-order valence-electron chi connectivity index (χ2n) is 5.47. The summed E-state index contributed by atoms with van der Waals surface area (Å²) < 4.78 is 0. The van der Waals surface area contributed by atoms with Crippen LogP contribution >= 0.6 is 0 Å². The molecule has 3 aromatic carbocycles. The van der Waals surface area contributed by atoms with Gasteiger partial charge in [0.1, 0.15) is 0 Å². The molecule has 0 saturated carbocycles. The third kappa shape index (κ3) is 3.17. The first kappa shape index (κ1) is 14.3. The predicted molar refractivity (Wildman–Crippen MR) is 95.0 cm³/mol. The van der Waals surface area contributed by atoms with E-state index in [2.05, 4.69) is 67.2 Å². The van der Waals surface area contributed by atoms with Crippen LogP contribution in [0.25, 0.3) is 11.1 Å². The molecule has 0 unspecified atom stereocenters. The normalized spacial score (nSPS) is 10.9. The van der Waals surface area contributed by atoms with E-state index in [1.54, 1.807) is 0 Å². The summed E-state index contributed by atoms with van der Waals surface area (Å²) in [5, 5.41) is 0. The zero-order chi connectivity index (χ0) is 15.2. The maximum atomic E-state index is 3.66. The average molecular weight is 284 g/mol. The van der Waals surface area contributed by atoms with Crippen molar-refractivity contribution in [3.05, 3.63) is 108 Å². The van der Waals surface area contributed by atoms with Gasteiger partial charge < -0.3 is 0 Å². The van der Waals surface area contributed by atoms with Gasteiger partial charge in [-0.05, 0) is 40.7 Å². The lowest BCUT2D eigenvalue weighted by Crippen LogP contribution is -1.77. The van der Waals surface area contributed by atoms with Crippen LogP contribution in [-0.2, 0) is 12.8 Å². The Hall–Kier alpha value is -2.60. The highest BCUT2D eigenvalue weighted by molar-refractivity contribution is 5.76. The number of hydrogen-bond acceptors (Lipinski definition) is 0. The molecule has 0 N–H and O–H groups in total. The molecule has 4 rings (SSSR count). The number of rotatable bonds is 2. The molecular weight excluding hydrogens is 264 g/mol. The summed E-state index contributed by atoms with van der Waals surface area (Å²) in [7, 11) is 0. The van der Waals surface area contributed by atoms with E-state index in [-0.39, 0.29) is 0 Å². The third-order valence-corrected chi connectivity index (χ3v) is 3.93.